The average molecular weight is 193 g/mol. The Morgan fingerprint density at radius 3 is 2.69 bits per heavy atom. The van der Waals surface area contributed by atoms with Crippen LogP contribution >= 0.6 is 0 Å². The molecule has 0 aromatic carbocycles. The van der Waals surface area contributed by atoms with Crippen molar-refractivity contribution in [3.05, 3.63) is 0 Å². The van der Waals surface area contributed by atoms with Gasteiger partial charge in [-0.2, -0.15) is 0 Å². The molecule has 0 aliphatic carbocycles. The van der Waals surface area contributed by atoms with Gasteiger partial charge in [-0.1, -0.05) is 0 Å². The number of nitrogens with one attached hydrogen (secondary N) is 1. The molecule has 1 amide bonds. The van der Waals surface area contributed by atoms with Crippen LogP contribution < -0.4 is 5.32 Å². The molecule has 0 radical (unpaired) electrons. The molecule has 0 rings (SSSR count). The zero-order chi connectivity index (χ0) is 10.3. The van der Waals surface area contributed by atoms with Crippen LogP contribution in [0, 0.1) is 0 Å². The molecule has 0 saturated heterocycles. The highest BCUT2D eigenvalue weighted by atomic mass is 19.1. The third kappa shape index (κ3) is 6.03. The molecule has 0 aliphatic rings. The maximum atomic E-state index is 12.5. The zero-order valence-electron chi connectivity index (χ0n) is 7.25. The fourth-order valence-electron chi connectivity index (χ4n) is 0.595. The van der Waals surface area contributed by atoms with Crippen LogP contribution in [0.5, 0.6) is 0 Å². The molecule has 0 bridgehead atoms. The maximum absolute atomic E-state index is 12.5. The summed E-state index contributed by atoms with van der Waals surface area (Å²) >= 11 is 0. The van der Waals surface area contributed by atoms with E-state index >= 15 is 0 Å². The van der Waals surface area contributed by atoms with E-state index in [0.717, 1.165) is 0 Å². The SMILES string of the molecule is CCOC(F)C(=O)NCCC(=O)O. The quantitative estimate of drug-likeness (QED) is 0.618. The maximum Gasteiger partial charge on any atom is 0.305 e. The van der Waals surface area contributed by atoms with E-state index in [1.54, 1.807) is 6.92 Å². The molecule has 13 heavy (non-hydrogen) atoms. The summed E-state index contributed by atoms with van der Waals surface area (Å²) in [6, 6.07) is 0. The Morgan fingerprint density at radius 2 is 2.23 bits per heavy atom. The Kier molecular flexibility index (Phi) is 5.79. The summed E-state index contributed by atoms with van der Waals surface area (Å²) in [5.41, 5.74) is 0. The number of carboxylic acids is 1. The van der Waals surface area contributed by atoms with Crippen molar-refractivity contribution >= 4 is 11.9 Å². The zero-order valence-corrected chi connectivity index (χ0v) is 7.25. The number of hydrogen-bond acceptors (Lipinski definition) is 3. The van der Waals surface area contributed by atoms with E-state index in [4.69, 9.17) is 5.11 Å². The van der Waals surface area contributed by atoms with Crippen LogP contribution in [0.4, 0.5) is 4.39 Å². The minimum atomic E-state index is -2.02. The van der Waals surface area contributed by atoms with Crippen LogP contribution in [0.15, 0.2) is 0 Å². The summed E-state index contributed by atoms with van der Waals surface area (Å²) < 4.78 is 16.9. The molecule has 1 atom stereocenters. The highest BCUT2D eigenvalue weighted by Crippen LogP contribution is 1.92. The number of carbonyl (C=O) groups is 2. The van der Waals surface area contributed by atoms with Gasteiger partial charge in [0.25, 0.3) is 12.3 Å². The second-order valence-corrected chi connectivity index (χ2v) is 2.21. The van der Waals surface area contributed by atoms with Crippen molar-refractivity contribution < 1.29 is 23.8 Å². The third-order valence-electron chi connectivity index (χ3n) is 1.16. The van der Waals surface area contributed by atoms with Gasteiger partial charge in [-0.05, 0) is 6.92 Å². The first-order valence-corrected chi connectivity index (χ1v) is 3.83. The highest BCUT2D eigenvalue weighted by molar-refractivity contribution is 5.79. The Morgan fingerprint density at radius 1 is 1.62 bits per heavy atom. The van der Waals surface area contributed by atoms with Crippen LogP contribution in [0.1, 0.15) is 13.3 Å². The van der Waals surface area contributed by atoms with Crippen molar-refractivity contribution in [2.24, 2.45) is 0 Å². The van der Waals surface area contributed by atoms with Crippen molar-refractivity contribution in [3.63, 3.8) is 0 Å². The van der Waals surface area contributed by atoms with Crippen molar-refractivity contribution in [1.29, 1.82) is 0 Å². The fraction of sp³-hybridized carbons (Fsp3) is 0.714. The molecule has 0 aromatic heterocycles. The molecule has 0 spiro atoms. The van der Waals surface area contributed by atoms with E-state index < -0.39 is 18.2 Å². The van der Waals surface area contributed by atoms with Crippen molar-refractivity contribution in [2.45, 2.75) is 19.7 Å². The van der Waals surface area contributed by atoms with E-state index in [2.05, 4.69) is 10.1 Å². The van der Waals surface area contributed by atoms with Crippen LogP contribution in [0.25, 0.3) is 0 Å². The molecule has 0 heterocycles. The minimum Gasteiger partial charge on any atom is -0.481 e. The van der Waals surface area contributed by atoms with Crippen LogP contribution in [-0.2, 0) is 14.3 Å². The summed E-state index contributed by atoms with van der Waals surface area (Å²) in [4.78, 5) is 20.7. The van der Waals surface area contributed by atoms with Gasteiger partial charge >= 0.3 is 5.97 Å². The second-order valence-electron chi connectivity index (χ2n) is 2.21. The summed E-state index contributed by atoms with van der Waals surface area (Å²) in [6.07, 6.45) is -2.25. The summed E-state index contributed by atoms with van der Waals surface area (Å²) in [5, 5.41) is 10.3. The third-order valence-corrected chi connectivity index (χ3v) is 1.16. The molecule has 0 aliphatic heterocycles. The lowest BCUT2D eigenvalue weighted by atomic mass is 10.4. The molecule has 76 valence electrons. The average Bonchev–Trinajstić information content (AvgIpc) is 2.04. The number of aliphatic carboxylic acids is 1. The van der Waals surface area contributed by atoms with Gasteiger partial charge in [-0.25, -0.2) is 4.39 Å². The monoisotopic (exact) mass is 193 g/mol. The number of carbonyl (C=O) groups excluding carboxylic acids is 1. The first-order valence-electron chi connectivity index (χ1n) is 3.83. The van der Waals surface area contributed by atoms with Crippen molar-refractivity contribution in [3.8, 4) is 0 Å². The van der Waals surface area contributed by atoms with Gasteiger partial charge in [0.1, 0.15) is 0 Å². The topological polar surface area (TPSA) is 75.6 Å². The number of amides is 1. The molecule has 0 aromatic rings. The number of halogens is 1. The van der Waals surface area contributed by atoms with Gasteiger partial charge in [0.05, 0.1) is 6.42 Å². The predicted molar refractivity (Wildman–Crippen MR) is 41.8 cm³/mol. The largest absolute Gasteiger partial charge is 0.481 e. The Hall–Kier alpha value is -1.17. The molecule has 0 fully saturated rings. The van der Waals surface area contributed by atoms with Crippen LogP contribution in [0.2, 0.25) is 0 Å². The van der Waals surface area contributed by atoms with Gasteiger partial charge in [0.2, 0.25) is 0 Å². The Balaban J connectivity index is 3.55. The smallest absolute Gasteiger partial charge is 0.305 e. The van der Waals surface area contributed by atoms with Crippen molar-refractivity contribution in [2.75, 3.05) is 13.2 Å². The van der Waals surface area contributed by atoms with Gasteiger partial charge in [-0.3, -0.25) is 9.59 Å². The summed E-state index contributed by atoms with van der Waals surface area (Å²) in [6.45, 7) is 1.55. The fourth-order valence-corrected chi connectivity index (χ4v) is 0.595. The van der Waals surface area contributed by atoms with Gasteiger partial charge in [-0.15, -0.1) is 0 Å². The lowest BCUT2D eigenvalue weighted by molar-refractivity contribution is -0.144. The molecular weight excluding hydrogens is 181 g/mol. The van der Waals surface area contributed by atoms with E-state index in [1.807, 2.05) is 0 Å². The number of carboxylic acid groups (broad SMARTS) is 1. The van der Waals surface area contributed by atoms with Gasteiger partial charge in [0, 0.05) is 13.2 Å². The highest BCUT2D eigenvalue weighted by Gasteiger charge is 2.16. The van der Waals surface area contributed by atoms with E-state index in [-0.39, 0.29) is 19.6 Å². The number of ether oxygens (including phenoxy) is 1. The second kappa shape index (κ2) is 6.36. The van der Waals surface area contributed by atoms with E-state index in [9.17, 15) is 14.0 Å². The molecule has 1 unspecified atom stereocenters. The number of alkyl halides is 1. The van der Waals surface area contributed by atoms with Gasteiger partial charge in [0.15, 0.2) is 0 Å². The first-order chi connectivity index (χ1) is 6.07. The lowest BCUT2D eigenvalue weighted by Crippen LogP contribution is -2.34. The normalized spacial score (nSPS) is 12.2. The number of hydrogen-bond donors (Lipinski definition) is 2. The standard InChI is InChI=1S/C7H12FNO4/c1-2-13-6(8)7(12)9-4-3-5(10)11/h6H,2-4H2,1H3,(H,9,12)(H,10,11). The van der Waals surface area contributed by atoms with E-state index in [0.29, 0.717) is 0 Å². The van der Waals surface area contributed by atoms with E-state index in [1.165, 1.54) is 0 Å². The molecular formula is C7H12FNO4. The first kappa shape index (κ1) is 11.8. The van der Waals surface area contributed by atoms with Crippen molar-refractivity contribution in [1.82, 2.24) is 5.32 Å². The predicted octanol–water partition coefficient (Wildman–Crippen LogP) is -0.0906. The molecule has 0 saturated carbocycles. The Labute approximate surface area is 74.9 Å². The molecule has 2 N–H and O–H groups in total. The summed E-state index contributed by atoms with van der Waals surface area (Å²) in [5.74, 6) is -1.99. The minimum absolute atomic E-state index is 0.0908. The van der Waals surface area contributed by atoms with Crippen LogP contribution in [-0.4, -0.2) is 36.5 Å². The molecule has 5 nitrogen and oxygen atoms in total. The summed E-state index contributed by atoms with van der Waals surface area (Å²) in [7, 11) is 0. The Bertz CT molecular complexity index is 185. The van der Waals surface area contributed by atoms with Crippen LogP contribution in [0.3, 0.4) is 0 Å². The number of rotatable bonds is 6. The molecule has 6 heteroatoms. The van der Waals surface area contributed by atoms with Gasteiger partial charge < -0.3 is 15.2 Å². The lowest BCUT2D eigenvalue weighted by Gasteiger charge is -2.07.